The number of rotatable bonds is 3. The van der Waals surface area contributed by atoms with E-state index >= 15 is 0 Å². The molecule has 1 saturated heterocycles. The minimum absolute atomic E-state index is 0. The van der Waals surface area contributed by atoms with E-state index in [1.807, 2.05) is 0 Å². The number of hydrogen-bond acceptors (Lipinski definition) is 5. The Balaban J connectivity index is 0.00000161. The first kappa shape index (κ1) is 16.4. The average Bonchev–Trinajstić information content (AvgIpc) is 2.96. The lowest BCUT2D eigenvalue weighted by molar-refractivity contribution is 0.171. The SMILES string of the molecule is Cl.NCC1CCCN1S(=O)(=O)c1ccc2c(c1)OCCO2. The monoisotopic (exact) mass is 334 g/mol. The molecule has 6 nitrogen and oxygen atoms in total. The molecular weight excluding hydrogens is 316 g/mol. The van der Waals surface area contributed by atoms with Crippen molar-refractivity contribution in [3.8, 4) is 11.5 Å². The number of nitrogens with zero attached hydrogens (tertiary/aromatic N) is 1. The van der Waals surface area contributed by atoms with Gasteiger partial charge >= 0.3 is 0 Å². The van der Waals surface area contributed by atoms with Gasteiger partial charge in [-0.05, 0) is 25.0 Å². The molecule has 1 atom stereocenters. The van der Waals surface area contributed by atoms with E-state index in [9.17, 15) is 8.42 Å². The second kappa shape index (κ2) is 6.39. The first-order chi connectivity index (χ1) is 9.63. The van der Waals surface area contributed by atoms with E-state index in [2.05, 4.69) is 0 Å². The summed E-state index contributed by atoms with van der Waals surface area (Å²) in [4.78, 5) is 0.238. The van der Waals surface area contributed by atoms with Crippen molar-refractivity contribution in [1.82, 2.24) is 4.31 Å². The normalized spacial score (nSPS) is 21.9. The molecule has 0 bridgehead atoms. The third kappa shape index (κ3) is 2.96. The zero-order valence-corrected chi connectivity index (χ0v) is 13.2. The molecule has 0 spiro atoms. The smallest absolute Gasteiger partial charge is 0.243 e. The van der Waals surface area contributed by atoms with Crippen molar-refractivity contribution in [3.05, 3.63) is 18.2 Å². The Labute approximate surface area is 130 Å². The molecule has 118 valence electrons. The van der Waals surface area contributed by atoms with Crippen molar-refractivity contribution >= 4 is 22.4 Å². The van der Waals surface area contributed by atoms with Gasteiger partial charge < -0.3 is 15.2 Å². The highest BCUT2D eigenvalue weighted by Crippen LogP contribution is 2.34. The molecule has 8 heteroatoms. The van der Waals surface area contributed by atoms with Crippen molar-refractivity contribution in [2.45, 2.75) is 23.8 Å². The number of hydrogen-bond donors (Lipinski definition) is 1. The Kier molecular flexibility index (Phi) is 4.98. The highest BCUT2D eigenvalue weighted by Gasteiger charge is 2.35. The lowest BCUT2D eigenvalue weighted by atomic mass is 10.2. The van der Waals surface area contributed by atoms with Gasteiger partial charge in [0.05, 0.1) is 4.90 Å². The fourth-order valence-corrected chi connectivity index (χ4v) is 4.40. The second-order valence-electron chi connectivity index (χ2n) is 4.95. The summed E-state index contributed by atoms with van der Waals surface area (Å²) in [7, 11) is -3.52. The Morgan fingerprint density at radius 2 is 1.95 bits per heavy atom. The molecule has 1 aromatic carbocycles. The van der Waals surface area contributed by atoms with Gasteiger partial charge in [-0.1, -0.05) is 0 Å². The van der Waals surface area contributed by atoms with Gasteiger partial charge in [0, 0.05) is 25.2 Å². The number of benzene rings is 1. The van der Waals surface area contributed by atoms with Crippen molar-refractivity contribution in [3.63, 3.8) is 0 Å². The minimum atomic E-state index is -3.52. The Bertz CT molecular complexity index is 608. The van der Waals surface area contributed by atoms with E-state index in [0.29, 0.717) is 37.8 Å². The van der Waals surface area contributed by atoms with Gasteiger partial charge in [-0.15, -0.1) is 12.4 Å². The van der Waals surface area contributed by atoms with Crippen LogP contribution in [0.2, 0.25) is 0 Å². The molecule has 2 heterocycles. The van der Waals surface area contributed by atoms with Crippen LogP contribution in [0.15, 0.2) is 23.1 Å². The summed E-state index contributed by atoms with van der Waals surface area (Å²) >= 11 is 0. The van der Waals surface area contributed by atoms with Crippen LogP contribution in [0, 0.1) is 0 Å². The first-order valence-electron chi connectivity index (χ1n) is 6.74. The lowest BCUT2D eigenvalue weighted by Crippen LogP contribution is -2.39. The van der Waals surface area contributed by atoms with Gasteiger partial charge in [0.15, 0.2) is 11.5 Å². The van der Waals surface area contributed by atoms with Gasteiger partial charge in [0.2, 0.25) is 10.0 Å². The number of halogens is 1. The largest absolute Gasteiger partial charge is 0.486 e. The summed E-state index contributed by atoms with van der Waals surface area (Å²) in [6, 6.07) is 4.65. The zero-order chi connectivity index (χ0) is 14.2. The van der Waals surface area contributed by atoms with Crippen molar-refractivity contribution in [1.29, 1.82) is 0 Å². The summed E-state index contributed by atoms with van der Waals surface area (Å²) in [6.45, 7) is 1.80. The van der Waals surface area contributed by atoms with Gasteiger partial charge in [0.25, 0.3) is 0 Å². The van der Waals surface area contributed by atoms with E-state index in [4.69, 9.17) is 15.2 Å². The maximum Gasteiger partial charge on any atom is 0.243 e. The number of ether oxygens (including phenoxy) is 2. The fourth-order valence-electron chi connectivity index (χ4n) is 2.68. The molecule has 0 amide bonds. The van der Waals surface area contributed by atoms with Gasteiger partial charge in [-0.3, -0.25) is 0 Å². The van der Waals surface area contributed by atoms with Crippen LogP contribution in [0.4, 0.5) is 0 Å². The van der Waals surface area contributed by atoms with Crippen molar-refractivity contribution in [2.75, 3.05) is 26.3 Å². The van der Waals surface area contributed by atoms with E-state index in [-0.39, 0.29) is 23.3 Å². The van der Waals surface area contributed by atoms with Gasteiger partial charge in [0.1, 0.15) is 13.2 Å². The van der Waals surface area contributed by atoms with Crippen LogP contribution < -0.4 is 15.2 Å². The molecule has 1 aromatic rings. The topological polar surface area (TPSA) is 81.9 Å². The van der Waals surface area contributed by atoms with Crippen LogP contribution in [0.3, 0.4) is 0 Å². The molecule has 0 aromatic heterocycles. The van der Waals surface area contributed by atoms with E-state index in [1.54, 1.807) is 12.1 Å². The summed E-state index contributed by atoms with van der Waals surface area (Å²) in [5.74, 6) is 1.08. The Morgan fingerprint density at radius 1 is 1.24 bits per heavy atom. The summed E-state index contributed by atoms with van der Waals surface area (Å²) < 4.78 is 37.7. The number of fused-ring (bicyclic) bond motifs is 1. The maximum absolute atomic E-state index is 12.7. The molecule has 2 N–H and O–H groups in total. The molecule has 1 unspecified atom stereocenters. The second-order valence-corrected chi connectivity index (χ2v) is 6.84. The zero-order valence-electron chi connectivity index (χ0n) is 11.5. The summed E-state index contributed by atoms with van der Waals surface area (Å²) in [5.41, 5.74) is 5.66. The quantitative estimate of drug-likeness (QED) is 0.891. The molecular formula is C13H19ClN2O4S. The fraction of sp³-hybridized carbons (Fsp3) is 0.538. The molecule has 1 fully saturated rings. The highest BCUT2D eigenvalue weighted by atomic mass is 35.5. The van der Waals surface area contributed by atoms with E-state index in [0.717, 1.165) is 12.8 Å². The van der Waals surface area contributed by atoms with E-state index < -0.39 is 10.0 Å². The lowest BCUT2D eigenvalue weighted by Gasteiger charge is -2.24. The van der Waals surface area contributed by atoms with Crippen LogP contribution in [0.1, 0.15) is 12.8 Å². The third-order valence-corrected chi connectivity index (χ3v) is 5.66. The van der Waals surface area contributed by atoms with Gasteiger partial charge in [-0.2, -0.15) is 4.31 Å². The van der Waals surface area contributed by atoms with Crippen LogP contribution >= 0.6 is 12.4 Å². The van der Waals surface area contributed by atoms with Crippen molar-refractivity contribution in [2.24, 2.45) is 5.73 Å². The molecule has 2 aliphatic heterocycles. The van der Waals surface area contributed by atoms with Crippen molar-refractivity contribution < 1.29 is 17.9 Å². The molecule has 0 aliphatic carbocycles. The Hall–Kier alpha value is -1.02. The predicted molar refractivity (Wildman–Crippen MR) is 80.6 cm³/mol. The third-order valence-electron chi connectivity index (χ3n) is 3.72. The minimum Gasteiger partial charge on any atom is -0.486 e. The molecule has 3 rings (SSSR count). The molecule has 0 radical (unpaired) electrons. The van der Waals surface area contributed by atoms with Crippen LogP contribution in [-0.2, 0) is 10.0 Å². The molecule has 2 aliphatic rings. The van der Waals surface area contributed by atoms with Crippen LogP contribution in [0.5, 0.6) is 11.5 Å². The van der Waals surface area contributed by atoms with Gasteiger partial charge in [-0.25, -0.2) is 8.42 Å². The predicted octanol–water partition coefficient (Wildman–Crippen LogP) is 0.991. The first-order valence-corrected chi connectivity index (χ1v) is 8.18. The number of sulfonamides is 1. The standard InChI is InChI=1S/C13H18N2O4S.ClH/c14-9-10-2-1-5-15(10)20(16,17)11-3-4-12-13(8-11)19-7-6-18-12;/h3-4,8,10H,1-2,5-7,9,14H2;1H. The van der Waals surface area contributed by atoms with E-state index in [1.165, 1.54) is 10.4 Å². The number of nitrogens with two attached hydrogens (primary N) is 1. The Morgan fingerprint density at radius 3 is 2.67 bits per heavy atom. The summed E-state index contributed by atoms with van der Waals surface area (Å²) in [6.07, 6.45) is 1.67. The molecule has 21 heavy (non-hydrogen) atoms. The average molecular weight is 335 g/mol. The molecule has 0 saturated carbocycles. The highest BCUT2D eigenvalue weighted by molar-refractivity contribution is 7.89. The van der Waals surface area contributed by atoms with Crippen LogP contribution in [0.25, 0.3) is 0 Å². The van der Waals surface area contributed by atoms with Crippen LogP contribution in [-0.4, -0.2) is 45.1 Å². The maximum atomic E-state index is 12.7. The summed E-state index contributed by atoms with van der Waals surface area (Å²) in [5, 5.41) is 0.